The largest absolute Gasteiger partial charge is 0.478 e. The molecular weight excluding hydrogens is 466 g/mol. The highest BCUT2D eigenvalue weighted by Crippen LogP contribution is 2.42. The molecule has 1 saturated carbocycles. The number of aromatic amines is 1. The first-order valence-corrected chi connectivity index (χ1v) is 13.3. The van der Waals surface area contributed by atoms with Crippen molar-refractivity contribution in [2.75, 3.05) is 6.54 Å². The van der Waals surface area contributed by atoms with Crippen LogP contribution in [-0.4, -0.2) is 39.3 Å². The molecule has 0 radical (unpaired) electrons. The summed E-state index contributed by atoms with van der Waals surface area (Å²) in [5.41, 5.74) is 13.5. The number of hydrogen-bond donors (Lipinski definition) is 5. The maximum absolute atomic E-state index is 11.3. The van der Waals surface area contributed by atoms with E-state index in [0.717, 1.165) is 12.1 Å². The number of carbonyl (C=O) groups is 1. The number of hydrogen-bond acceptors (Lipinski definition) is 6. The summed E-state index contributed by atoms with van der Waals surface area (Å²) in [6, 6.07) is 1.28. The summed E-state index contributed by atoms with van der Waals surface area (Å²) in [6.45, 7) is 19.8. The minimum atomic E-state index is -1.04. The summed E-state index contributed by atoms with van der Waals surface area (Å²) in [5, 5.41) is 15.3. The van der Waals surface area contributed by atoms with E-state index in [1.54, 1.807) is 13.8 Å². The number of aryl methyl sites for hydroxylation is 1. The predicted octanol–water partition coefficient (Wildman–Crippen LogP) is 6.02. The lowest BCUT2D eigenvalue weighted by atomic mass is 9.67. The van der Waals surface area contributed by atoms with Gasteiger partial charge in [-0.25, -0.2) is 9.78 Å². The normalized spacial score (nSPS) is 14.6. The Balaban J connectivity index is -0.000000469. The molecule has 0 aliphatic heterocycles. The number of nitrogens with one attached hydrogen (secondary N) is 2. The van der Waals surface area contributed by atoms with E-state index < -0.39 is 5.97 Å². The van der Waals surface area contributed by atoms with Crippen LogP contribution in [-0.2, 0) is 4.79 Å². The molecule has 0 saturated heterocycles. The molecule has 1 fully saturated rings. The lowest BCUT2D eigenvalue weighted by molar-refractivity contribution is -0.132. The van der Waals surface area contributed by atoms with Gasteiger partial charge in [0.2, 0.25) is 0 Å². The van der Waals surface area contributed by atoms with E-state index in [1.807, 2.05) is 59.8 Å². The zero-order valence-corrected chi connectivity index (χ0v) is 24.9. The molecule has 8 heteroatoms. The van der Waals surface area contributed by atoms with Crippen LogP contribution in [0, 0.1) is 17.7 Å². The molecule has 1 heterocycles. The Hall–Kier alpha value is -2.84. The van der Waals surface area contributed by atoms with Crippen molar-refractivity contribution in [2.24, 2.45) is 16.9 Å². The van der Waals surface area contributed by atoms with Crippen LogP contribution in [0.15, 0.2) is 40.7 Å². The number of nitrogens with two attached hydrogens (primary N) is 2. The second kappa shape index (κ2) is 22.4. The van der Waals surface area contributed by atoms with Crippen molar-refractivity contribution in [3.05, 3.63) is 57.8 Å². The first kappa shape index (κ1) is 38.7. The molecule has 212 valence electrons. The van der Waals surface area contributed by atoms with Crippen molar-refractivity contribution in [2.45, 2.75) is 101 Å². The summed E-state index contributed by atoms with van der Waals surface area (Å²) in [4.78, 5) is 28.5. The maximum Gasteiger partial charge on any atom is 0.337 e. The molecule has 1 aromatic heterocycles. The van der Waals surface area contributed by atoms with Crippen LogP contribution in [0.1, 0.15) is 99.5 Å². The first-order chi connectivity index (χ1) is 17.5. The van der Waals surface area contributed by atoms with E-state index in [-0.39, 0.29) is 22.9 Å². The van der Waals surface area contributed by atoms with Gasteiger partial charge < -0.3 is 27.0 Å². The monoisotopic (exact) mass is 519 g/mol. The average Bonchev–Trinajstić information content (AvgIpc) is 2.82. The minimum Gasteiger partial charge on any atom is -0.478 e. The fourth-order valence-corrected chi connectivity index (χ4v) is 3.24. The van der Waals surface area contributed by atoms with E-state index in [1.165, 1.54) is 44.7 Å². The summed E-state index contributed by atoms with van der Waals surface area (Å²) >= 11 is 0. The van der Waals surface area contributed by atoms with Gasteiger partial charge in [-0.15, -0.1) is 0 Å². The number of aliphatic carboxylic acids is 1. The fourth-order valence-electron chi connectivity index (χ4n) is 3.24. The second-order valence-corrected chi connectivity index (χ2v) is 8.22. The lowest BCUT2D eigenvalue weighted by Gasteiger charge is -2.40. The van der Waals surface area contributed by atoms with Crippen LogP contribution in [0.25, 0.3) is 5.57 Å². The SMILES string of the molecule is C/C=C(\C(C)=N)C(=O)O.C/C=C\C=C(/c1nc(C)cc(=O)[nH]1)C(C)N.CC.CC.CCC1(CN)CCC1. The average molecular weight is 520 g/mol. The summed E-state index contributed by atoms with van der Waals surface area (Å²) in [7, 11) is 0. The number of allylic oxidation sites excluding steroid dienone is 4. The Labute approximate surface area is 224 Å². The van der Waals surface area contributed by atoms with Gasteiger partial charge in [-0.1, -0.05) is 65.3 Å². The molecule has 1 aromatic rings. The van der Waals surface area contributed by atoms with Crippen molar-refractivity contribution in [3.8, 4) is 0 Å². The van der Waals surface area contributed by atoms with Crippen molar-refractivity contribution < 1.29 is 9.90 Å². The number of carboxylic acids is 1. The standard InChI is InChI=1S/C12H17N3O.C7H15N.C6H9NO2.2C2H6/c1-4-5-6-10(9(3)13)12-14-8(2)7-11(16)15-12;1-2-7(6-8)4-3-5-7;1-3-5(4(2)7)6(8)9;2*1-2/h4-7,9H,13H2,1-3H3,(H,14,15,16);2-6,8H2,1H3;3,7H,1-2H3,(H,8,9);2*1-2H3/b5-4-,10-6-;;5-3+,7-4?;;. The first-order valence-electron chi connectivity index (χ1n) is 13.3. The molecule has 0 amide bonds. The van der Waals surface area contributed by atoms with Gasteiger partial charge in [0.1, 0.15) is 5.82 Å². The third-order valence-corrected chi connectivity index (χ3v) is 5.62. The molecule has 1 aliphatic carbocycles. The van der Waals surface area contributed by atoms with E-state index in [9.17, 15) is 9.59 Å². The molecule has 1 aliphatic rings. The Kier molecular flexibility index (Phi) is 23.4. The van der Waals surface area contributed by atoms with E-state index in [4.69, 9.17) is 22.0 Å². The predicted molar refractivity (Wildman–Crippen MR) is 159 cm³/mol. The molecule has 37 heavy (non-hydrogen) atoms. The van der Waals surface area contributed by atoms with Gasteiger partial charge in [0.05, 0.1) is 5.57 Å². The number of H-pyrrole nitrogens is 1. The topological polar surface area (TPSA) is 159 Å². The number of rotatable bonds is 7. The van der Waals surface area contributed by atoms with Gasteiger partial charge in [0.25, 0.3) is 5.56 Å². The van der Waals surface area contributed by atoms with Crippen LogP contribution in [0.4, 0.5) is 0 Å². The van der Waals surface area contributed by atoms with Crippen LogP contribution in [0.2, 0.25) is 0 Å². The molecule has 1 unspecified atom stereocenters. The minimum absolute atomic E-state index is 0.0648. The Bertz CT molecular complexity index is 894. The summed E-state index contributed by atoms with van der Waals surface area (Å²) in [6.07, 6.45) is 12.5. The number of aromatic nitrogens is 2. The third-order valence-electron chi connectivity index (χ3n) is 5.62. The lowest BCUT2D eigenvalue weighted by Crippen LogP contribution is -2.36. The van der Waals surface area contributed by atoms with Crippen LogP contribution >= 0.6 is 0 Å². The van der Waals surface area contributed by atoms with E-state index in [2.05, 4.69) is 16.9 Å². The van der Waals surface area contributed by atoms with E-state index in [0.29, 0.717) is 16.9 Å². The summed E-state index contributed by atoms with van der Waals surface area (Å²) in [5.74, 6) is -0.497. The quantitative estimate of drug-likeness (QED) is 0.168. The van der Waals surface area contributed by atoms with Crippen LogP contribution in [0.5, 0.6) is 0 Å². The molecular formula is C29H53N5O3. The van der Waals surface area contributed by atoms with Crippen LogP contribution in [0.3, 0.4) is 0 Å². The highest BCUT2D eigenvalue weighted by Gasteiger charge is 2.32. The molecule has 1 atom stereocenters. The van der Waals surface area contributed by atoms with Crippen molar-refractivity contribution in [1.82, 2.24) is 9.97 Å². The molecule has 8 nitrogen and oxygen atoms in total. The maximum atomic E-state index is 11.3. The molecule has 0 bridgehead atoms. The van der Waals surface area contributed by atoms with E-state index >= 15 is 0 Å². The summed E-state index contributed by atoms with van der Waals surface area (Å²) < 4.78 is 0. The number of nitrogens with zero attached hydrogens (tertiary/aromatic N) is 1. The zero-order valence-electron chi connectivity index (χ0n) is 24.9. The molecule has 2 rings (SSSR count). The zero-order chi connectivity index (χ0) is 29.6. The smallest absolute Gasteiger partial charge is 0.337 e. The molecule has 7 N–H and O–H groups in total. The molecule has 0 aromatic carbocycles. The van der Waals surface area contributed by atoms with Gasteiger partial charge in [0.15, 0.2) is 0 Å². The highest BCUT2D eigenvalue weighted by atomic mass is 16.4. The van der Waals surface area contributed by atoms with Crippen molar-refractivity contribution >= 4 is 17.3 Å². The molecule has 0 spiro atoms. The fraction of sp³-hybridized carbons (Fsp3) is 0.586. The highest BCUT2D eigenvalue weighted by molar-refractivity contribution is 6.16. The number of carboxylic acid groups (broad SMARTS) is 1. The van der Waals surface area contributed by atoms with Gasteiger partial charge in [0, 0.05) is 29.1 Å². The van der Waals surface area contributed by atoms with Gasteiger partial charge >= 0.3 is 5.97 Å². The van der Waals surface area contributed by atoms with Crippen molar-refractivity contribution in [1.29, 1.82) is 5.41 Å². The second-order valence-electron chi connectivity index (χ2n) is 8.22. The Morgan fingerprint density at radius 2 is 1.81 bits per heavy atom. The third kappa shape index (κ3) is 15.8. The van der Waals surface area contributed by atoms with Gasteiger partial charge in [-0.05, 0) is 65.8 Å². The van der Waals surface area contributed by atoms with Crippen molar-refractivity contribution in [3.63, 3.8) is 0 Å². The van der Waals surface area contributed by atoms with Gasteiger partial charge in [-0.2, -0.15) is 0 Å². The van der Waals surface area contributed by atoms with Crippen LogP contribution < -0.4 is 17.0 Å². The Morgan fingerprint density at radius 1 is 1.27 bits per heavy atom. The Morgan fingerprint density at radius 3 is 2.03 bits per heavy atom. The van der Waals surface area contributed by atoms with Gasteiger partial charge in [-0.3, -0.25) is 4.79 Å².